The van der Waals surface area contributed by atoms with Crippen LogP contribution >= 0.6 is 0 Å². The van der Waals surface area contributed by atoms with Gasteiger partial charge in [0.2, 0.25) is 30.0 Å². The van der Waals surface area contributed by atoms with Crippen molar-refractivity contribution >= 4 is 40.9 Å². The van der Waals surface area contributed by atoms with Crippen LogP contribution in [-0.4, -0.2) is 60.7 Å². The van der Waals surface area contributed by atoms with Crippen LogP contribution in [0.5, 0.6) is 0 Å². The van der Waals surface area contributed by atoms with E-state index < -0.39 is 23.8 Å². The minimum absolute atomic E-state index is 0.240. The SMILES string of the molecule is O=CNCC(=O)NCC(=O)NCC(=O)NC(Cc1c[nH]c2ccccc12)C(=O)NCc1ccccc1. The summed E-state index contributed by atoms with van der Waals surface area (Å²) in [6.45, 7) is -0.694. The summed E-state index contributed by atoms with van der Waals surface area (Å²) in [6, 6.07) is 16.2. The Labute approximate surface area is 207 Å². The number of benzene rings is 2. The highest BCUT2D eigenvalue weighted by atomic mass is 16.2. The van der Waals surface area contributed by atoms with Gasteiger partial charge in [0.25, 0.3) is 0 Å². The van der Waals surface area contributed by atoms with E-state index in [0.29, 0.717) is 13.0 Å². The molecule has 1 unspecified atom stereocenters. The molecule has 3 aromatic rings. The Morgan fingerprint density at radius 2 is 1.47 bits per heavy atom. The van der Waals surface area contributed by atoms with Crippen LogP contribution in [0.1, 0.15) is 11.1 Å². The van der Waals surface area contributed by atoms with Gasteiger partial charge in [-0.25, -0.2) is 0 Å². The molecule has 3 rings (SSSR count). The van der Waals surface area contributed by atoms with Crippen molar-refractivity contribution in [2.45, 2.75) is 19.0 Å². The first-order chi connectivity index (χ1) is 17.5. The van der Waals surface area contributed by atoms with E-state index >= 15 is 0 Å². The smallest absolute Gasteiger partial charge is 0.243 e. The van der Waals surface area contributed by atoms with Crippen molar-refractivity contribution in [1.82, 2.24) is 31.6 Å². The van der Waals surface area contributed by atoms with Crippen molar-refractivity contribution in [3.05, 3.63) is 71.9 Å². The maximum atomic E-state index is 13.0. The number of aromatic nitrogens is 1. The van der Waals surface area contributed by atoms with Gasteiger partial charge in [-0.05, 0) is 17.2 Å². The second kappa shape index (κ2) is 13.3. The minimum Gasteiger partial charge on any atom is -0.361 e. The molecule has 1 heterocycles. The van der Waals surface area contributed by atoms with E-state index in [9.17, 15) is 24.0 Å². The van der Waals surface area contributed by atoms with Crippen LogP contribution in [0.25, 0.3) is 10.9 Å². The van der Waals surface area contributed by atoms with Crippen LogP contribution in [0, 0.1) is 0 Å². The molecule has 6 N–H and O–H groups in total. The average Bonchev–Trinajstić information content (AvgIpc) is 3.31. The quantitative estimate of drug-likeness (QED) is 0.177. The first kappa shape index (κ1) is 25.9. The lowest BCUT2D eigenvalue weighted by molar-refractivity contribution is -0.130. The molecular formula is C25H28N6O5. The van der Waals surface area contributed by atoms with Crippen molar-refractivity contribution in [1.29, 1.82) is 0 Å². The molecular weight excluding hydrogens is 464 g/mol. The zero-order valence-electron chi connectivity index (χ0n) is 19.5. The fourth-order valence-electron chi connectivity index (χ4n) is 3.50. The Bertz CT molecular complexity index is 1210. The number of carbonyl (C=O) groups excluding carboxylic acids is 5. The molecule has 0 fully saturated rings. The monoisotopic (exact) mass is 492 g/mol. The Kier molecular flexibility index (Phi) is 9.57. The Balaban J connectivity index is 1.58. The van der Waals surface area contributed by atoms with Crippen LogP contribution in [0.2, 0.25) is 0 Å². The fourth-order valence-corrected chi connectivity index (χ4v) is 3.50. The van der Waals surface area contributed by atoms with Gasteiger partial charge in [-0.3, -0.25) is 24.0 Å². The fraction of sp³-hybridized carbons (Fsp3) is 0.240. The molecule has 0 saturated heterocycles. The largest absolute Gasteiger partial charge is 0.361 e. The maximum Gasteiger partial charge on any atom is 0.243 e. The van der Waals surface area contributed by atoms with Crippen molar-refractivity contribution in [2.24, 2.45) is 0 Å². The number of para-hydroxylation sites is 1. The molecule has 2 aromatic carbocycles. The number of rotatable bonds is 13. The molecule has 0 aliphatic rings. The highest BCUT2D eigenvalue weighted by molar-refractivity contribution is 5.92. The number of H-pyrrole nitrogens is 1. The van der Waals surface area contributed by atoms with Crippen molar-refractivity contribution in [2.75, 3.05) is 19.6 Å². The molecule has 0 radical (unpaired) electrons. The molecule has 11 nitrogen and oxygen atoms in total. The lowest BCUT2D eigenvalue weighted by atomic mass is 10.0. The summed E-state index contributed by atoms with van der Waals surface area (Å²) in [4.78, 5) is 62.3. The van der Waals surface area contributed by atoms with Gasteiger partial charge in [0.1, 0.15) is 6.04 Å². The third kappa shape index (κ3) is 7.97. The minimum atomic E-state index is -0.883. The summed E-state index contributed by atoms with van der Waals surface area (Å²) in [5.74, 6) is -2.06. The summed E-state index contributed by atoms with van der Waals surface area (Å²) in [7, 11) is 0. The summed E-state index contributed by atoms with van der Waals surface area (Å²) in [5, 5.41) is 13.4. The summed E-state index contributed by atoms with van der Waals surface area (Å²) < 4.78 is 0. The van der Waals surface area contributed by atoms with E-state index in [-0.39, 0.29) is 32.0 Å². The van der Waals surface area contributed by atoms with Gasteiger partial charge in [-0.15, -0.1) is 0 Å². The van der Waals surface area contributed by atoms with E-state index in [1.807, 2.05) is 54.6 Å². The van der Waals surface area contributed by atoms with E-state index in [0.717, 1.165) is 22.0 Å². The summed E-state index contributed by atoms with van der Waals surface area (Å²) in [6.07, 6.45) is 2.41. The number of hydrogen-bond acceptors (Lipinski definition) is 5. The topological polar surface area (TPSA) is 161 Å². The van der Waals surface area contributed by atoms with Gasteiger partial charge in [0.15, 0.2) is 0 Å². The van der Waals surface area contributed by atoms with Gasteiger partial charge in [0, 0.05) is 30.1 Å². The second-order valence-corrected chi connectivity index (χ2v) is 7.94. The predicted octanol–water partition coefficient (Wildman–Crippen LogP) is -0.510. The molecule has 5 amide bonds. The van der Waals surface area contributed by atoms with Gasteiger partial charge < -0.3 is 31.6 Å². The lowest BCUT2D eigenvalue weighted by Gasteiger charge is -2.19. The average molecular weight is 493 g/mol. The molecule has 0 bridgehead atoms. The van der Waals surface area contributed by atoms with Crippen molar-refractivity contribution in [3.8, 4) is 0 Å². The highest BCUT2D eigenvalue weighted by Crippen LogP contribution is 2.19. The maximum absolute atomic E-state index is 13.0. The molecule has 36 heavy (non-hydrogen) atoms. The molecule has 1 aromatic heterocycles. The lowest BCUT2D eigenvalue weighted by Crippen LogP contribution is -2.51. The number of aromatic amines is 1. The Hall–Kier alpha value is -4.67. The third-order valence-corrected chi connectivity index (χ3v) is 5.30. The first-order valence-corrected chi connectivity index (χ1v) is 11.3. The molecule has 1 atom stereocenters. The van der Waals surface area contributed by atoms with E-state index in [1.54, 1.807) is 6.20 Å². The zero-order valence-corrected chi connectivity index (χ0v) is 19.5. The van der Waals surface area contributed by atoms with E-state index in [1.165, 1.54) is 0 Å². The number of hydrogen-bond donors (Lipinski definition) is 6. The van der Waals surface area contributed by atoms with Crippen LogP contribution in [0.4, 0.5) is 0 Å². The third-order valence-electron chi connectivity index (χ3n) is 5.30. The van der Waals surface area contributed by atoms with Gasteiger partial charge in [0.05, 0.1) is 19.6 Å². The van der Waals surface area contributed by atoms with E-state index in [4.69, 9.17) is 0 Å². The molecule has 0 spiro atoms. The molecule has 0 aliphatic heterocycles. The Morgan fingerprint density at radius 1 is 0.806 bits per heavy atom. The normalized spacial score (nSPS) is 11.2. The summed E-state index contributed by atoms with van der Waals surface area (Å²) >= 11 is 0. The first-order valence-electron chi connectivity index (χ1n) is 11.3. The standard InChI is InChI=1S/C25H28N6O5/c32-16-26-13-22(33)28-14-23(34)29-15-24(35)31-21(25(36)30-11-17-6-2-1-3-7-17)10-18-12-27-20-9-5-4-8-19(18)20/h1-9,12,16,21,27H,10-11,13-15H2,(H,26,32)(H,28,33)(H,29,34)(H,30,36)(H,31,35). The van der Waals surface area contributed by atoms with Crippen molar-refractivity contribution < 1.29 is 24.0 Å². The predicted molar refractivity (Wildman–Crippen MR) is 132 cm³/mol. The second-order valence-electron chi connectivity index (χ2n) is 7.94. The molecule has 0 aliphatic carbocycles. The Morgan fingerprint density at radius 3 is 2.22 bits per heavy atom. The zero-order chi connectivity index (χ0) is 25.8. The number of fused-ring (bicyclic) bond motifs is 1. The van der Waals surface area contributed by atoms with Crippen LogP contribution in [0.15, 0.2) is 60.8 Å². The van der Waals surface area contributed by atoms with Crippen molar-refractivity contribution in [3.63, 3.8) is 0 Å². The van der Waals surface area contributed by atoms with Crippen LogP contribution < -0.4 is 26.6 Å². The number of nitrogens with one attached hydrogen (secondary N) is 6. The molecule has 11 heteroatoms. The highest BCUT2D eigenvalue weighted by Gasteiger charge is 2.23. The summed E-state index contributed by atoms with van der Waals surface area (Å²) in [5.41, 5.74) is 2.70. The molecule has 0 saturated carbocycles. The van der Waals surface area contributed by atoms with Crippen LogP contribution in [0.3, 0.4) is 0 Å². The van der Waals surface area contributed by atoms with Gasteiger partial charge in [-0.1, -0.05) is 48.5 Å². The van der Waals surface area contributed by atoms with Crippen LogP contribution in [-0.2, 0) is 36.9 Å². The number of amides is 5. The van der Waals surface area contributed by atoms with E-state index in [2.05, 4.69) is 31.6 Å². The number of carbonyl (C=O) groups is 5. The van der Waals surface area contributed by atoms with Gasteiger partial charge in [-0.2, -0.15) is 0 Å². The van der Waals surface area contributed by atoms with Gasteiger partial charge >= 0.3 is 0 Å². The molecule has 188 valence electrons.